The van der Waals surface area contributed by atoms with Crippen LogP contribution in [0.5, 0.6) is 0 Å². The van der Waals surface area contributed by atoms with Crippen molar-refractivity contribution in [3.8, 4) is 0 Å². The molecule has 1 fully saturated rings. The van der Waals surface area contributed by atoms with Crippen LogP contribution in [0.1, 0.15) is 13.3 Å². The first-order valence-electron chi connectivity index (χ1n) is 6.12. The largest absolute Gasteiger partial charge is 0.377 e. The first-order chi connectivity index (χ1) is 9.06. The Kier molecular flexibility index (Phi) is 4.31. The van der Waals surface area contributed by atoms with Crippen LogP contribution >= 0.6 is 0 Å². The summed E-state index contributed by atoms with van der Waals surface area (Å²) in [6, 6.07) is 1.04. The van der Waals surface area contributed by atoms with Crippen LogP contribution in [-0.4, -0.2) is 32.0 Å². The van der Waals surface area contributed by atoms with Gasteiger partial charge in [0.25, 0.3) is 0 Å². The smallest absolute Gasteiger partial charge is 0.152 e. The number of halogens is 3. The Morgan fingerprint density at radius 2 is 1.89 bits per heavy atom. The van der Waals surface area contributed by atoms with Crippen LogP contribution in [0.25, 0.3) is 0 Å². The summed E-state index contributed by atoms with van der Waals surface area (Å²) in [5, 5.41) is 2.71. The average Bonchev–Trinajstić information content (AvgIpc) is 2.31. The van der Waals surface area contributed by atoms with Gasteiger partial charge in [0.1, 0.15) is 17.6 Å². The maximum atomic E-state index is 13.5. The van der Waals surface area contributed by atoms with Gasteiger partial charge in [0.15, 0.2) is 11.6 Å². The number of methoxy groups -OCH3 is 1. The Balaban J connectivity index is 2.07. The third kappa shape index (κ3) is 2.84. The molecule has 0 aromatic heterocycles. The van der Waals surface area contributed by atoms with E-state index < -0.39 is 17.5 Å². The van der Waals surface area contributed by atoms with Crippen molar-refractivity contribution in [1.29, 1.82) is 0 Å². The van der Waals surface area contributed by atoms with Crippen molar-refractivity contribution < 1.29 is 22.6 Å². The van der Waals surface area contributed by atoms with Crippen LogP contribution in [-0.2, 0) is 9.47 Å². The van der Waals surface area contributed by atoms with E-state index in [0.717, 1.165) is 0 Å². The Morgan fingerprint density at radius 3 is 2.42 bits per heavy atom. The van der Waals surface area contributed by atoms with Crippen LogP contribution < -0.4 is 5.32 Å². The molecule has 106 valence electrons. The highest BCUT2D eigenvalue weighted by molar-refractivity contribution is 5.48. The highest BCUT2D eigenvalue weighted by Crippen LogP contribution is 2.31. The maximum Gasteiger partial charge on any atom is 0.152 e. The Morgan fingerprint density at radius 1 is 1.26 bits per heavy atom. The molecule has 0 amide bonds. The van der Waals surface area contributed by atoms with Gasteiger partial charge in [-0.15, -0.1) is 0 Å². The van der Waals surface area contributed by atoms with Crippen LogP contribution in [0.15, 0.2) is 12.1 Å². The lowest BCUT2D eigenvalue weighted by Gasteiger charge is -2.43. The van der Waals surface area contributed by atoms with Gasteiger partial charge in [0, 0.05) is 25.8 Å². The average molecular weight is 275 g/mol. The van der Waals surface area contributed by atoms with E-state index in [1.807, 2.05) is 6.92 Å². The summed E-state index contributed by atoms with van der Waals surface area (Å²) in [6.07, 6.45) is 0.227. The predicted molar refractivity (Wildman–Crippen MR) is 64.6 cm³/mol. The summed E-state index contributed by atoms with van der Waals surface area (Å²) >= 11 is 0. The molecule has 1 saturated carbocycles. The Hall–Kier alpha value is -1.27. The van der Waals surface area contributed by atoms with Crippen LogP contribution in [0.3, 0.4) is 0 Å². The number of anilines is 1. The summed E-state index contributed by atoms with van der Waals surface area (Å²) in [4.78, 5) is 0. The van der Waals surface area contributed by atoms with Gasteiger partial charge in [0.05, 0.1) is 12.1 Å². The first-order valence-corrected chi connectivity index (χ1v) is 6.12. The van der Waals surface area contributed by atoms with Gasteiger partial charge in [-0.2, -0.15) is 0 Å². The topological polar surface area (TPSA) is 30.5 Å². The van der Waals surface area contributed by atoms with Crippen molar-refractivity contribution in [2.75, 3.05) is 19.0 Å². The summed E-state index contributed by atoms with van der Waals surface area (Å²) in [5.41, 5.74) is -0.330. The second-order valence-corrected chi connectivity index (χ2v) is 4.43. The molecule has 1 aliphatic rings. The van der Waals surface area contributed by atoms with Crippen LogP contribution in [0, 0.1) is 17.5 Å². The lowest BCUT2D eigenvalue weighted by molar-refractivity contribution is -0.118. The molecule has 1 aliphatic carbocycles. The molecule has 0 radical (unpaired) electrons. The van der Waals surface area contributed by atoms with Gasteiger partial charge in [-0.05, 0) is 13.3 Å². The van der Waals surface area contributed by atoms with Crippen LogP contribution in [0.2, 0.25) is 0 Å². The monoisotopic (exact) mass is 275 g/mol. The van der Waals surface area contributed by atoms with Crippen molar-refractivity contribution in [3.05, 3.63) is 29.6 Å². The third-order valence-electron chi connectivity index (χ3n) is 3.24. The van der Waals surface area contributed by atoms with Crippen molar-refractivity contribution in [1.82, 2.24) is 0 Å². The molecular formula is C13H16F3NO2. The molecule has 0 aliphatic heterocycles. The van der Waals surface area contributed by atoms with E-state index in [-0.39, 0.29) is 23.9 Å². The minimum Gasteiger partial charge on any atom is -0.377 e. The molecule has 6 heteroatoms. The lowest BCUT2D eigenvalue weighted by Crippen LogP contribution is -2.57. The molecular weight excluding hydrogens is 259 g/mol. The van der Waals surface area contributed by atoms with Crippen molar-refractivity contribution in [2.24, 2.45) is 0 Å². The molecule has 3 atom stereocenters. The van der Waals surface area contributed by atoms with E-state index in [9.17, 15) is 13.2 Å². The minimum absolute atomic E-state index is 0.0842. The molecule has 1 aromatic carbocycles. The molecule has 3 nitrogen and oxygen atoms in total. The molecule has 0 heterocycles. The highest BCUT2D eigenvalue weighted by Gasteiger charge is 2.42. The maximum absolute atomic E-state index is 13.5. The minimum atomic E-state index is -0.952. The van der Waals surface area contributed by atoms with E-state index in [4.69, 9.17) is 9.47 Å². The number of rotatable bonds is 5. The van der Waals surface area contributed by atoms with E-state index >= 15 is 0 Å². The zero-order valence-corrected chi connectivity index (χ0v) is 10.8. The summed E-state index contributed by atoms with van der Waals surface area (Å²) in [7, 11) is 1.52. The molecule has 19 heavy (non-hydrogen) atoms. The van der Waals surface area contributed by atoms with E-state index in [1.54, 1.807) is 0 Å². The summed E-state index contributed by atoms with van der Waals surface area (Å²) < 4.78 is 50.4. The van der Waals surface area contributed by atoms with E-state index in [0.29, 0.717) is 25.2 Å². The van der Waals surface area contributed by atoms with Gasteiger partial charge >= 0.3 is 0 Å². The summed E-state index contributed by atoms with van der Waals surface area (Å²) in [5.74, 6) is -2.84. The fourth-order valence-electron chi connectivity index (χ4n) is 2.28. The van der Waals surface area contributed by atoms with Gasteiger partial charge in [-0.25, -0.2) is 13.2 Å². The van der Waals surface area contributed by atoms with Gasteiger partial charge in [0.2, 0.25) is 0 Å². The SMILES string of the molecule is CCOC1CC(Nc2c(F)cc(F)cc2F)C1OC. The number of hydrogen-bond acceptors (Lipinski definition) is 3. The second-order valence-electron chi connectivity index (χ2n) is 4.43. The normalized spacial score (nSPS) is 26.1. The molecule has 1 N–H and O–H groups in total. The van der Waals surface area contributed by atoms with Crippen LogP contribution in [0.4, 0.5) is 18.9 Å². The lowest BCUT2D eigenvalue weighted by atomic mass is 9.85. The van der Waals surface area contributed by atoms with Gasteiger partial charge < -0.3 is 14.8 Å². The van der Waals surface area contributed by atoms with Gasteiger partial charge in [-0.1, -0.05) is 0 Å². The number of hydrogen-bond donors (Lipinski definition) is 1. The number of ether oxygens (including phenoxy) is 2. The molecule has 3 unspecified atom stereocenters. The molecule has 0 bridgehead atoms. The fraction of sp³-hybridized carbons (Fsp3) is 0.538. The van der Waals surface area contributed by atoms with E-state index in [1.165, 1.54) is 7.11 Å². The highest BCUT2D eigenvalue weighted by atomic mass is 19.1. The Bertz CT molecular complexity index is 433. The zero-order chi connectivity index (χ0) is 14.0. The number of nitrogens with one attached hydrogen (secondary N) is 1. The predicted octanol–water partition coefficient (Wildman–Crippen LogP) is 2.71. The van der Waals surface area contributed by atoms with E-state index in [2.05, 4.69) is 5.32 Å². The van der Waals surface area contributed by atoms with Crippen molar-refractivity contribution in [3.63, 3.8) is 0 Å². The molecule has 1 aromatic rings. The standard InChI is InChI=1S/C13H16F3NO2/c1-3-19-11-6-10(13(11)18-2)17-12-8(15)4-7(14)5-9(12)16/h4-5,10-11,13,17H,3,6H2,1-2H3. The van der Waals surface area contributed by atoms with Crippen molar-refractivity contribution >= 4 is 5.69 Å². The fourth-order valence-corrected chi connectivity index (χ4v) is 2.28. The second kappa shape index (κ2) is 5.79. The molecule has 0 saturated heterocycles. The van der Waals surface area contributed by atoms with Gasteiger partial charge in [-0.3, -0.25) is 0 Å². The van der Waals surface area contributed by atoms with Crippen molar-refractivity contribution in [2.45, 2.75) is 31.6 Å². The molecule has 0 spiro atoms. The number of benzene rings is 1. The third-order valence-corrected chi connectivity index (χ3v) is 3.24. The zero-order valence-electron chi connectivity index (χ0n) is 10.8. The quantitative estimate of drug-likeness (QED) is 0.896. The first kappa shape index (κ1) is 14.1. The molecule has 2 rings (SSSR count). The summed E-state index contributed by atoms with van der Waals surface area (Å²) in [6.45, 7) is 2.42. The Labute approximate surface area is 109 Å².